The molecule has 3 aliphatic heterocycles. The summed E-state index contributed by atoms with van der Waals surface area (Å²) in [6, 6.07) is -2.26. The third-order valence-electron chi connectivity index (χ3n) is 15.4. The van der Waals surface area contributed by atoms with Crippen LogP contribution in [0, 0.1) is 35.5 Å². The van der Waals surface area contributed by atoms with Gasteiger partial charge in [-0.15, -0.1) is 0 Å². The van der Waals surface area contributed by atoms with Gasteiger partial charge in [0, 0.05) is 51.4 Å². The number of unbranched alkanes of at least 4 members (excludes halogenated alkanes) is 1. The third kappa shape index (κ3) is 16.2. The summed E-state index contributed by atoms with van der Waals surface area (Å²) >= 11 is 0. The minimum Gasteiger partial charge on any atom is -0.460 e. The normalized spacial score (nSPS) is 37.5. The van der Waals surface area contributed by atoms with E-state index in [4.69, 9.17) is 23.7 Å². The summed E-state index contributed by atoms with van der Waals surface area (Å²) in [5.74, 6) is -8.92. The van der Waals surface area contributed by atoms with Crippen LogP contribution in [-0.4, -0.2) is 148 Å². The van der Waals surface area contributed by atoms with Crippen molar-refractivity contribution >= 4 is 35.3 Å². The average Bonchev–Trinajstić information content (AvgIpc) is 3.35. The van der Waals surface area contributed by atoms with Crippen LogP contribution in [0.3, 0.4) is 0 Å². The molecule has 4 aliphatic rings. The number of ether oxygens (including phenoxy) is 5. The number of carbonyl (C=O) groups is 6. The lowest BCUT2D eigenvalue weighted by Crippen LogP contribution is -2.61. The van der Waals surface area contributed by atoms with E-state index in [0.717, 1.165) is 11.3 Å². The molecule has 1 unspecified atom stereocenters. The number of amides is 2. The van der Waals surface area contributed by atoms with Crippen molar-refractivity contribution in [2.75, 3.05) is 27.4 Å². The van der Waals surface area contributed by atoms with Gasteiger partial charge in [0.25, 0.3) is 11.7 Å². The molecule has 17 heteroatoms. The van der Waals surface area contributed by atoms with Gasteiger partial charge in [-0.2, -0.15) is 5.06 Å². The summed E-state index contributed by atoms with van der Waals surface area (Å²) in [5.41, 5.74) is 0.870. The lowest BCUT2D eigenvalue weighted by atomic mass is 9.78. The van der Waals surface area contributed by atoms with Crippen LogP contribution in [0.2, 0.25) is 0 Å². The molecule has 0 spiro atoms. The molecular weight excluding hydrogens is 929 g/mol. The van der Waals surface area contributed by atoms with Crippen LogP contribution in [0.4, 0.5) is 4.79 Å². The number of aliphatic hydroxyl groups is 3. The topological polar surface area (TPSA) is 236 Å². The quantitative estimate of drug-likeness (QED) is 0.0448. The van der Waals surface area contributed by atoms with Gasteiger partial charge < -0.3 is 43.9 Å². The van der Waals surface area contributed by atoms with Gasteiger partial charge in [0.15, 0.2) is 5.78 Å². The molecule has 17 nitrogen and oxygen atoms in total. The molecule has 2 saturated heterocycles. The number of methoxy groups -OCH3 is 2. The van der Waals surface area contributed by atoms with Crippen LogP contribution in [0.15, 0.2) is 47.6 Å². The second-order valence-electron chi connectivity index (χ2n) is 21.2. The predicted molar refractivity (Wildman–Crippen MR) is 268 cm³/mol. The van der Waals surface area contributed by atoms with E-state index in [1.54, 1.807) is 66.0 Å². The Hall–Kier alpha value is -4.10. The van der Waals surface area contributed by atoms with Crippen LogP contribution in [-0.2, 0) is 47.7 Å². The number of ketones is 3. The lowest BCUT2D eigenvalue weighted by molar-refractivity contribution is -0.266. The molecule has 0 aromatic carbocycles. The number of cyclic esters (lactones) is 1. The maximum Gasteiger partial charge on any atom is 0.434 e. The van der Waals surface area contributed by atoms with E-state index in [-0.39, 0.29) is 74.3 Å². The number of nitrogens with zero attached hydrogens (tertiary/aromatic N) is 2. The van der Waals surface area contributed by atoms with Crippen LogP contribution in [0.25, 0.3) is 0 Å². The molecule has 0 radical (unpaired) electrons. The number of rotatable bonds is 9. The number of carbonyl (C=O) groups excluding carboxylic acids is 6. The van der Waals surface area contributed by atoms with Crippen molar-refractivity contribution in [1.82, 2.24) is 9.96 Å². The van der Waals surface area contributed by atoms with Crippen molar-refractivity contribution in [1.29, 1.82) is 0 Å². The van der Waals surface area contributed by atoms with Gasteiger partial charge in [-0.25, -0.2) is 9.59 Å². The standard InChI is InChI=1S/C55H86N2O15/c1-11-12-26-70-54(65)57(67)43-31-41-23-21-39(8)55(66,72-41)51(62)52(63)56-25-17-16-20-42(56)53(64)71-46(36(5)29-40-22-24-44(58)47(30-40)68-9)32-45(59)35(4)28-38(7)49(61)50(69-10)48(60)37(6)27-33(2)18-14-13-15-19-34(43)3/h13-15,18-19,28,33,35-37,39-44,46-47,49-50,58,61,66-67H,11-12,16-17,20-27,29-32H2,1-10H3/b15-13+,18-14+,34-19+,38-28+/t33-,35-,36-,37-,39-,40+,41+,42+,43-,44-,46?,47-,49-,50+,55-/m1/s1. The number of hydrogen-bond donors (Lipinski definition) is 4. The van der Waals surface area contributed by atoms with Crippen molar-refractivity contribution in [2.45, 2.75) is 200 Å². The lowest BCUT2D eigenvalue weighted by Gasteiger charge is -2.43. The number of aliphatic hydroxyl groups excluding tert-OH is 2. The molecule has 15 atom stereocenters. The summed E-state index contributed by atoms with van der Waals surface area (Å²) < 4.78 is 28.9. The van der Waals surface area contributed by atoms with Crippen molar-refractivity contribution in [3.63, 3.8) is 0 Å². The summed E-state index contributed by atoms with van der Waals surface area (Å²) in [6.45, 7) is 14.2. The zero-order chi connectivity index (χ0) is 53.4. The molecule has 2 bridgehead atoms. The summed E-state index contributed by atoms with van der Waals surface area (Å²) in [7, 11) is 2.90. The summed E-state index contributed by atoms with van der Waals surface area (Å²) in [4.78, 5) is 85.5. The van der Waals surface area contributed by atoms with Gasteiger partial charge in [-0.05, 0) is 113 Å². The minimum absolute atomic E-state index is 0.0145. The van der Waals surface area contributed by atoms with Gasteiger partial charge in [0.05, 0.1) is 31.0 Å². The maximum absolute atomic E-state index is 14.5. The summed E-state index contributed by atoms with van der Waals surface area (Å²) in [5, 5.41) is 45.9. The average molecular weight is 1020 g/mol. The second-order valence-corrected chi connectivity index (χ2v) is 21.2. The Morgan fingerprint density at radius 3 is 2.32 bits per heavy atom. The molecule has 406 valence electrons. The maximum atomic E-state index is 14.5. The molecule has 2 amide bonds. The van der Waals surface area contributed by atoms with E-state index in [1.165, 1.54) is 7.11 Å². The number of Topliss-reactive ketones (excluding diaryl/α,β-unsaturated/α-hetero) is 3. The number of piperidine rings is 1. The van der Waals surface area contributed by atoms with Gasteiger partial charge >= 0.3 is 12.1 Å². The largest absolute Gasteiger partial charge is 0.460 e. The monoisotopic (exact) mass is 1010 g/mol. The second kappa shape index (κ2) is 28.5. The van der Waals surface area contributed by atoms with E-state index >= 15 is 0 Å². The van der Waals surface area contributed by atoms with E-state index in [9.17, 15) is 49.3 Å². The van der Waals surface area contributed by atoms with Crippen LogP contribution in [0.5, 0.6) is 0 Å². The van der Waals surface area contributed by atoms with E-state index in [0.29, 0.717) is 74.0 Å². The molecule has 1 aliphatic carbocycles. The van der Waals surface area contributed by atoms with Gasteiger partial charge in [-0.1, -0.05) is 84.4 Å². The van der Waals surface area contributed by atoms with Gasteiger partial charge in [0.2, 0.25) is 5.79 Å². The highest BCUT2D eigenvalue weighted by atomic mass is 16.6. The van der Waals surface area contributed by atoms with Gasteiger partial charge in [-0.3, -0.25) is 24.4 Å². The molecule has 3 heterocycles. The van der Waals surface area contributed by atoms with Crippen molar-refractivity contribution in [3.8, 4) is 0 Å². The van der Waals surface area contributed by atoms with E-state index in [2.05, 4.69) is 0 Å². The molecule has 3 fully saturated rings. The molecule has 1 saturated carbocycles. The van der Waals surface area contributed by atoms with Crippen molar-refractivity contribution in [2.24, 2.45) is 35.5 Å². The fraction of sp³-hybridized carbons (Fsp3) is 0.745. The predicted octanol–water partition coefficient (Wildman–Crippen LogP) is 7.16. The Balaban J connectivity index is 1.75. The number of fused-ring (bicyclic) bond motifs is 3. The highest BCUT2D eigenvalue weighted by Crippen LogP contribution is 2.38. The number of hydrogen-bond acceptors (Lipinski definition) is 15. The first-order chi connectivity index (χ1) is 34.1. The van der Waals surface area contributed by atoms with Crippen LogP contribution in [0.1, 0.15) is 145 Å². The molecular formula is C55H86N2O15. The Bertz CT molecular complexity index is 1970. The van der Waals surface area contributed by atoms with Crippen molar-refractivity contribution < 1.29 is 73.0 Å². The Labute approximate surface area is 427 Å². The zero-order valence-electron chi connectivity index (χ0n) is 44.5. The molecule has 0 aromatic rings. The fourth-order valence-electron chi connectivity index (χ4n) is 10.6. The van der Waals surface area contributed by atoms with Crippen LogP contribution < -0.4 is 0 Å². The first-order valence-corrected chi connectivity index (χ1v) is 26.4. The first-order valence-electron chi connectivity index (χ1n) is 26.4. The third-order valence-corrected chi connectivity index (χ3v) is 15.4. The Morgan fingerprint density at radius 2 is 1.64 bits per heavy atom. The number of allylic oxidation sites excluding steroid dienone is 6. The molecule has 4 N–H and O–H groups in total. The van der Waals surface area contributed by atoms with Crippen LogP contribution >= 0.6 is 0 Å². The SMILES string of the molecule is CCCCOC(=O)N(O)[C@@H]1C[C@@H]2CC[C@@H](C)[C@@](O)(O2)C(=O)C(=O)N2CCCC[C@H]2C(=O)OC([C@H](C)C[C@@H]2CC[C@@H](O)[C@H](OC)C2)CC(=O)[C@H](C)/C=C(\C)[C@@H](O)[C@@H](OC)C(=O)[C@H](C)C[C@H](C)/C=C/C=C/C=C/1C. The summed E-state index contributed by atoms with van der Waals surface area (Å²) in [6.07, 6.45) is 9.56. The first kappa shape index (κ1) is 60.5. The molecule has 72 heavy (non-hydrogen) atoms. The van der Waals surface area contributed by atoms with Gasteiger partial charge in [0.1, 0.15) is 30.1 Å². The highest BCUT2D eigenvalue weighted by Gasteiger charge is 2.53. The Morgan fingerprint density at radius 1 is 0.917 bits per heavy atom. The number of esters is 1. The zero-order valence-corrected chi connectivity index (χ0v) is 44.5. The van der Waals surface area contributed by atoms with Crippen molar-refractivity contribution in [3.05, 3.63) is 47.6 Å². The molecule has 0 aromatic heterocycles. The number of hydroxylamine groups is 2. The fourth-order valence-corrected chi connectivity index (χ4v) is 10.6. The highest BCUT2D eigenvalue weighted by molar-refractivity contribution is 6.39. The van der Waals surface area contributed by atoms with E-state index < -0.39 is 89.9 Å². The van der Waals surface area contributed by atoms with E-state index in [1.807, 2.05) is 32.9 Å². The minimum atomic E-state index is -2.61. The smallest absolute Gasteiger partial charge is 0.434 e. The molecule has 4 rings (SSSR count). The Kier molecular flexibility index (Phi) is 24.0.